The zero-order valence-electron chi connectivity index (χ0n) is 40.5. The van der Waals surface area contributed by atoms with Gasteiger partial charge in [0.15, 0.2) is 17.5 Å². The van der Waals surface area contributed by atoms with E-state index < -0.39 is 0 Å². The number of aromatic nitrogens is 4. The van der Waals surface area contributed by atoms with Gasteiger partial charge in [-0.15, -0.1) is 0 Å². The third-order valence-corrected chi connectivity index (χ3v) is 14.2. The Bertz CT molecular complexity index is 4210. The molecule has 3 heterocycles. The van der Waals surface area contributed by atoms with Gasteiger partial charge in [0.1, 0.15) is 11.2 Å². The maximum Gasteiger partial charge on any atom is 0.164 e. The number of nitrogens with zero attached hydrogens (tertiary/aromatic N) is 4. The summed E-state index contributed by atoms with van der Waals surface area (Å²) in [6.07, 6.45) is 18.2. The molecule has 0 aliphatic heterocycles. The number of hydrogen-bond donors (Lipinski definition) is 0. The Morgan fingerprint density at radius 2 is 1.14 bits per heavy atom. The zero-order chi connectivity index (χ0) is 49.4. The number of furan rings is 1. The van der Waals surface area contributed by atoms with Crippen LogP contribution in [0.4, 0.5) is 0 Å². The van der Waals surface area contributed by atoms with Crippen LogP contribution in [0.25, 0.3) is 117 Å². The highest BCUT2D eigenvalue weighted by molar-refractivity contribution is 6.11. The zero-order valence-corrected chi connectivity index (χ0v) is 40.5. The molecule has 0 saturated heterocycles. The van der Waals surface area contributed by atoms with E-state index in [0.29, 0.717) is 23.4 Å². The Hall–Kier alpha value is -9.71. The van der Waals surface area contributed by atoms with E-state index in [0.717, 1.165) is 89.6 Å². The van der Waals surface area contributed by atoms with Crippen molar-refractivity contribution in [2.24, 2.45) is 0 Å². The first-order valence-corrected chi connectivity index (χ1v) is 25.1. The summed E-state index contributed by atoms with van der Waals surface area (Å²) in [6, 6.07) is 74.8. The van der Waals surface area contributed by atoms with Crippen molar-refractivity contribution in [3.63, 3.8) is 0 Å². The van der Waals surface area contributed by atoms with Crippen molar-refractivity contribution in [3.05, 3.63) is 278 Å². The van der Waals surface area contributed by atoms with Crippen molar-refractivity contribution in [3.8, 4) is 62.1 Å². The van der Waals surface area contributed by atoms with E-state index in [2.05, 4.69) is 217 Å². The van der Waals surface area contributed by atoms with Crippen LogP contribution >= 0.6 is 0 Å². The van der Waals surface area contributed by atoms with Crippen molar-refractivity contribution in [1.29, 1.82) is 0 Å². The van der Waals surface area contributed by atoms with Crippen molar-refractivity contribution >= 4 is 55.4 Å². The molecule has 0 amide bonds. The molecule has 5 heteroatoms. The van der Waals surface area contributed by atoms with Crippen molar-refractivity contribution in [2.75, 3.05) is 0 Å². The van der Waals surface area contributed by atoms with E-state index in [4.69, 9.17) is 19.4 Å². The Labute approximate surface area is 429 Å². The quantitative estimate of drug-likeness (QED) is 0.121. The van der Waals surface area contributed by atoms with Crippen molar-refractivity contribution in [2.45, 2.75) is 12.3 Å². The van der Waals surface area contributed by atoms with Crippen LogP contribution in [0.5, 0.6) is 0 Å². The summed E-state index contributed by atoms with van der Waals surface area (Å²) < 4.78 is 8.85. The average Bonchev–Trinajstić information content (AvgIpc) is 4.05. The fourth-order valence-electron chi connectivity index (χ4n) is 10.5. The normalized spacial score (nSPS) is 13.7. The van der Waals surface area contributed by atoms with E-state index in [9.17, 15) is 0 Å². The van der Waals surface area contributed by atoms with E-state index in [1.54, 1.807) is 0 Å². The number of allylic oxidation sites excluding steroid dienone is 8. The minimum atomic E-state index is 0.309. The highest BCUT2D eigenvalue weighted by atomic mass is 16.3. The lowest BCUT2D eigenvalue weighted by molar-refractivity contribution is 0.669. The van der Waals surface area contributed by atoms with Gasteiger partial charge in [-0.1, -0.05) is 219 Å². The van der Waals surface area contributed by atoms with Gasteiger partial charge < -0.3 is 8.98 Å². The van der Waals surface area contributed by atoms with E-state index in [1.807, 2.05) is 54.6 Å². The lowest BCUT2D eigenvalue weighted by atomic mass is 9.90. The molecule has 0 N–H and O–H groups in total. The van der Waals surface area contributed by atoms with Gasteiger partial charge in [-0.3, -0.25) is 0 Å². The van der Waals surface area contributed by atoms with Gasteiger partial charge in [0.25, 0.3) is 0 Å². The smallest absolute Gasteiger partial charge is 0.164 e. The molecule has 0 bridgehead atoms. The summed E-state index contributed by atoms with van der Waals surface area (Å²) in [5, 5.41) is 4.46. The molecule has 74 heavy (non-hydrogen) atoms. The van der Waals surface area contributed by atoms with E-state index in [-0.39, 0.29) is 0 Å². The summed E-state index contributed by atoms with van der Waals surface area (Å²) in [5.74, 6) is 1.99. The highest BCUT2D eigenvalue weighted by Gasteiger charge is 2.23. The van der Waals surface area contributed by atoms with Crippen LogP contribution in [0.1, 0.15) is 29.0 Å². The molecule has 0 spiro atoms. The van der Waals surface area contributed by atoms with Crippen LogP contribution in [0.15, 0.2) is 266 Å². The first kappa shape index (κ1) is 44.2. The fraction of sp³-hybridized carbons (Fsp3) is 0.0290. The second-order valence-corrected chi connectivity index (χ2v) is 18.7. The molecule has 1 aliphatic rings. The SMILES string of the molecule is C=C/C(=C\C=C\c1cc(-c2nc(-c3ccccc3)nc(-c3ccc4c(c3)oc3ccccc34)n2)cc(-c2ccc(C3C=CC=CC3)cc2)c1-n1c2ccccc2c2cc(-c3ccccc3)ccc21)c1ccccc1. The van der Waals surface area contributed by atoms with Crippen LogP contribution in [0.2, 0.25) is 0 Å². The Morgan fingerprint density at radius 3 is 1.89 bits per heavy atom. The molecule has 12 aromatic rings. The molecule has 5 nitrogen and oxygen atoms in total. The van der Waals surface area contributed by atoms with Gasteiger partial charge in [-0.05, 0) is 93.9 Å². The summed E-state index contributed by atoms with van der Waals surface area (Å²) in [5.41, 5.74) is 16.3. The van der Waals surface area contributed by atoms with Crippen LogP contribution in [-0.4, -0.2) is 19.5 Å². The number of para-hydroxylation sites is 2. The van der Waals surface area contributed by atoms with Crippen molar-refractivity contribution < 1.29 is 4.42 Å². The van der Waals surface area contributed by atoms with Gasteiger partial charge in [0.05, 0.1) is 16.7 Å². The van der Waals surface area contributed by atoms with E-state index in [1.165, 1.54) is 27.5 Å². The highest BCUT2D eigenvalue weighted by Crippen LogP contribution is 2.43. The molecule has 1 aliphatic carbocycles. The van der Waals surface area contributed by atoms with E-state index >= 15 is 0 Å². The number of rotatable bonds is 11. The van der Waals surface area contributed by atoms with Gasteiger partial charge in [0.2, 0.25) is 0 Å². The lowest BCUT2D eigenvalue weighted by Gasteiger charge is -2.20. The molecule has 350 valence electrons. The molecule has 0 fully saturated rings. The third kappa shape index (κ3) is 8.26. The molecule has 1 atom stereocenters. The summed E-state index contributed by atoms with van der Waals surface area (Å²) in [6.45, 7) is 4.22. The Kier molecular flexibility index (Phi) is 11.4. The topological polar surface area (TPSA) is 56.7 Å². The predicted molar refractivity (Wildman–Crippen MR) is 308 cm³/mol. The second-order valence-electron chi connectivity index (χ2n) is 18.7. The molecule has 13 rings (SSSR count). The van der Waals surface area contributed by atoms with Crippen LogP contribution < -0.4 is 0 Å². The molecule has 1 unspecified atom stereocenters. The minimum Gasteiger partial charge on any atom is -0.456 e. The summed E-state index contributed by atoms with van der Waals surface area (Å²) in [4.78, 5) is 15.9. The molecular weight excluding hydrogens is 901 g/mol. The second kappa shape index (κ2) is 19.1. The summed E-state index contributed by atoms with van der Waals surface area (Å²) in [7, 11) is 0. The number of fused-ring (bicyclic) bond motifs is 6. The molecule has 9 aromatic carbocycles. The van der Waals surface area contributed by atoms with Crippen molar-refractivity contribution in [1.82, 2.24) is 19.5 Å². The molecule has 3 aromatic heterocycles. The van der Waals surface area contributed by atoms with Crippen LogP contribution in [0.3, 0.4) is 0 Å². The average molecular weight is 949 g/mol. The van der Waals surface area contributed by atoms with Crippen LogP contribution in [-0.2, 0) is 0 Å². The largest absolute Gasteiger partial charge is 0.456 e. The summed E-state index contributed by atoms with van der Waals surface area (Å²) >= 11 is 0. The first-order chi connectivity index (χ1) is 36.6. The number of benzene rings is 9. The maximum absolute atomic E-state index is 6.40. The predicted octanol–water partition coefficient (Wildman–Crippen LogP) is 18.1. The van der Waals surface area contributed by atoms with Gasteiger partial charge in [-0.2, -0.15) is 0 Å². The fourth-order valence-corrected chi connectivity index (χ4v) is 10.5. The standard InChI is InChI=1S/C69H48N4O/c1-2-46(47-20-7-3-8-21-47)28-19-29-54-42-56(69-71-67(52-26-13-6-14-27-52)70-68(72-69)55-38-40-59-58-31-16-18-33-64(58)74-65(59)45-55)44-60(51-36-34-50(35-37-51)48-22-9-4-10-23-48)66(54)73-62-32-17-15-30-57(62)61-43-53(39-41-63(61)73)49-24-11-5-12-25-49/h2-22,24-45,48H,1,23H2/b29-19+,46-28+. The molecule has 0 radical (unpaired) electrons. The van der Waals surface area contributed by atoms with Gasteiger partial charge in [-0.25, -0.2) is 15.0 Å². The molecular formula is C69H48N4O. The van der Waals surface area contributed by atoms with Gasteiger partial charge in [0, 0.05) is 49.7 Å². The Balaban J connectivity index is 1.08. The van der Waals surface area contributed by atoms with Crippen LogP contribution in [0, 0.1) is 0 Å². The maximum atomic E-state index is 6.40. The lowest BCUT2D eigenvalue weighted by Crippen LogP contribution is -2.04. The minimum absolute atomic E-state index is 0.309. The first-order valence-electron chi connectivity index (χ1n) is 25.1. The Morgan fingerprint density at radius 1 is 0.500 bits per heavy atom. The monoisotopic (exact) mass is 948 g/mol. The number of hydrogen-bond acceptors (Lipinski definition) is 4. The third-order valence-electron chi connectivity index (χ3n) is 14.2. The van der Waals surface area contributed by atoms with Gasteiger partial charge >= 0.3 is 0 Å². The molecule has 0 saturated carbocycles.